The van der Waals surface area contributed by atoms with Crippen LogP contribution < -0.4 is 4.74 Å². The Bertz CT molecular complexity index is 962. The highest BCUT2D eigenvalue weighted by Crippen LogP contribution is 2.24. The number of rotatable bonds is 6. The van der Waals surface area contributed by atoms with Gasteiger partial charge in [0.1, 0.15) is 9.96 Å². The second-order valence-electron chi connectivity index (χ2n) is 6.48. The molecule has 7 nitrogen and oxygen atoms in total. The zero-order valence-electron chi connectivity index (χ0n) is 15.8. The van der Waals surface area contributed by atoms with E-state index in [9.17, 15) is 18.0 Å². The maximum atomic E-state index is 12.7. The monoisotopic (exact) mass is 422 g/mol. The fraction of sp³-hybridized carbons (Fsp3) is 0.368. The molecule has 0 unspecified atom stereocenters. The van der Waals surface area contributed by atoms with Gasteiger partial charge in [-0.2, -0.15) is 4.31 Å². The van der Waals surface area contributed by atoms with Gasteiger partial charge in [0.25, 0.3) is 10.0 Å². The van der Waals surface area contributed by atoms with E-state index in [0.717, 1.165) is 0 Å². The van der Waals surface area contributed by atoms with Gasteiger partial charge in [0.05, 0.1) is 13.5 Å². The van der Waals surface area contributed by atoms with Crippen LogP contribution in [0.5, 0.6) is 5.75 Å². The molecule has 0 spiro atoms. The van der Waals surface area contributed by atoms with Crippen LogP contribution >= 0.6 is 11.3 Å². The first kappa shape index (κ1) is 20.5. The third-order valence-corrected chi connectivity index (χ3v) is 7.98. The summed E-state index contributed by atoms with van der Waals surface area (Å²) in [5.41, 5.74) is 1.17. The second kappa shape index (κ2) is 8.42. The molecule has 9 heteroatoms. The second-order valence-corrected chi connectivity index (χ2v) is 9.59. The van der Waals surface area contributed by atoms with Crippen LogP contribution in [0.25, 0.3) is 0 Å². The molecule has 3 rings (SSSR count). The van der Waals surface area contributed by atoms with Gasteiger partial charge >= 0.3 is 0 Å². The quantitative estimate of drug-likeness (QED) is 0.665. The van der Waals surface area contributed by atoms with Gasteiger partial charge in [-0.1, -0.05) is 6.07 Å². The molecule has 1 aromatic heterocycles. The number of ketones is 1. The maximum absolute atomic E-state index is 12.7. The summed E-state index contributed by atoms with van der Waals surface area (Å²) in [5, 5.41) is 1.73. The fourth-order valence-electron chi connectivity index (χ4n) is 3.13. The first-order chi connectivity index (χ1) is 13.3. The lowest BCUT2D eigenvalue weighted by atomic mass is 10.0. The van der Waals surface area contributed by atoms with E-state index in [0.29, 0.717) is 34.2 Å². The molecule has 0 bridgehead atoms. The Kier molecular flexibility index (Phi) is 6.17. The predicted octanol–water partition coefficient (Wildman–Crippen LogP) is 2.03. The van der Waals surface area contributed by atoms with Gasteiger partial charge in [-0.3, -0.25) is 9.59 Å². The van der Waals surface area contributed by atoms with Crippen LogP contribution in [0, 0.1) is 0 Å². The lowest BCUT2D eigenvalue weighted by Gasteiger charge is -2.33. The van der Waals surface area contributed by atoms with E-state index < -0.39 is 10.0 Å². The van der Waals surface area contributed by atoms with Gasteiger partial charge in [0.15, 0.2) is 5.78 Å². The van der Waals surface area contributed by atoms with Crippen molar-refractivity contribution in [3.05, 3.63) is 46.8 Å². The normalized spacial score (nSPS) is 15.4. The summed E-state index contributed by atoms with van der Waals surface area (Å²) in [4.78, 5) is 26.0. The number of hydrogen-bond acceptors (Lipinski definition) is 6. The van der Waals surface area contributed by atoms with Crippen molar-refractivity contribution >= 4 is 33.1 Å². The number of sulfonamides is 1. The van der Waals surface area contributed by atoms with Crippen molar-refractivity contribution in [2.45, 2.75) is 17.6 Å². The van der Waals surface area contributed by atoms with E-state index >= 15 is 0 Å². The van der Waals surface area contributed by atoms with E-state index in [4.69, 9.17) is 4.74 Å². The van der Waals surface area contributed by atoms with Crippen molar-refractivity contribution in [2.24, 2.45) is 0 Å². The summed E-state index contributed by atoms with van der Waals surface area (Å²) in [7, 11) is -1.98. The fourth-order valence-corrected chi connectivity index (χ4v) is 5.69. The summed E-state index contributed by atoms with van der Waals surface area (Å²) < 4.78 is 32.2. The number of benzene rings is 1. The topological polar surface area (TPSA) is 84.0 Å². The molecule has 1 aliphatic rings. The number of Topliss-reactive ketones (excluding diaryl/α,β-unsaturated/α-hetero) is 1. The Morgan fingerprint density at radius 3 is 2.43 bits per heavy atom. The van der Waals surface area contributed by atoms with Crippen molar-refractivity contribution in [1.29, 1.82) is 0 Å². The number of thiophene rings is 1. The van der Waals surface area contributed by atoms with E-state index in [-0.39, 0.29) is 31.2 Å². The lowest BCUT2D eigenvalue weighted by molar-refractivity contribution is -0.131. The largest absolute Gasteiger partial charge is 0.496 e. The molecule has 0 aliphatic carbocycles. The summed E-state index contributed by atoms with van der Waals surface area (Å²) in [6.45, 7) is 2.66. The molecule has 1 aliphatic heterocycles. The van der Waals surface area contributed by atoms with E-state index in [1.165, 1.54) is 29.7 Å². The minimum atomic E-state index is -3.50. The average Bonchev–Trinajstić information content (AvgIpc) is 3.23. The number of carbonyl (C=O) groups excluding carboxylic acids is 2. The van der Waals surface area contributed by atoms with Crippen molar-refractivity contribution < 1.29 is 22.7 Å². The molecule has 150 valence electrons. The number of nitrogens with zero attached hydrogens (tertiary/aromatic N) is 2. The van der Waals surface area contributed by atoms with Crippen LogP contribution in [-0.2, 0) is 21.2 Å². The molecular formula is C19H22N2O5S2. The molecule has 2 heterocycles. The number of carbonyl (C=O) groups is 2. The Morgan fingerprint density at radius 1 is 1.14 bits per heavy atom. The third-order valence-electron chi connectivity index (χ3n) is 4.71. The summed E-state index contributed by atoms with van der Waals surface area (Å²) in [6.07, 6.45) is 0.0992. The minimum absolute atomic E-state index is 0.0799. The average molecular weight is 423 g/mol. The molecule has 2 aromatic rings. The van der Waals surface area contributed by atoms with Crippen molar-refractivity contribution in [3.63, 3.8) is 0 Å². The van der Waals surface area contributed by atoms with E-state index in [1.807, 2.05) is 0 Å². The van der Waals surface area contributed by atoms with Crippen molar-refractivity contribution in [1.82, 2.24) is 9.21 Å². The molecule has 1 saturated heterocycles. The predicted molar refractivity (Wildman–Crippen MR) is 106 cm³/mol. The molecule has 1 amide bonds. The smallest absolute Gasteiger partial charge is 0.252 e. The summed E-state index contributed by atoms with van der Waals surface area (Å²) in [6, 6.07) is 8.33. The summed E-state index contributed by atoms with van der Waals surface area (Å²) in [5.74, 6) is 0.355. The highest BCUT2D eigenvalue weighted by atomic mass is 32.2. The maximum Gasteiger partial charge on any atom is 0.252 e. The molecule has 0 radical (unpaired) electrons. The molecule has 1 aromatic carbocycles. The van der Waals surface area contributed by atoms with Crippen molar-refractivity contribution in [3.8, 4) is 5.75 Å². The van der Waals surface area contributed by atoms with Gasteiger partial charge in [0.2, 0.25) is 5.91 Å². The van der Waals surface area contributed by atoms with Crippen LogP contribution in [0.4, 0.5) is 0 Å². The number of amides is 1. The van der Waals surface area contributed by atoms with Gasteiger partial charge < -0.3 is 9.64 Å². The number of ether oxygens (including phenoxy) is 1. The first-order valence-corrected chi connectivity index (χ1v) is 11.1. The molecule has 0 atom stereocenters. The van der Waals surface area contributed by atoms with Gasteiger partial charge in [-0.15, -0.1) is 11.3 Å². The number of piperazine rings is 1. The summed E-state index contributed by atoms with van der Waals surface area (Å²) >= 11 is 1.19. The zero-order valence-corrected chi connectivity index (χ0v) is 17.4. The Labute approximate surface area is 168 Å². The molecular weight excluding hydrogens is 400 g/mol. The Hall–Kier alpha value is -2.23. The van der Waals surface area contributed by atoms with Crippen LogP contribution in [-0.4, -0.2) is 62.6 Å². The number of hydrogen-bond donors (Lipinski definition) is 0. The SMILES string of the molecule is COc1ccc(C(C)=O)cc1CC(=O)N1CCN(S(=O)(=O)c2cccs2)CC1. The third kappa shape index (κ3) is 4.26. The molecule has 0 N–H and O–H groups in total. The first-order valence-electron chi connectivity index (χ1n) is 8.82. The molecule has 0 saturated carbocycles. The number of methoxy groups -OCH3 is 1. The van der Waals surface area contributed by atoms with Crippen LogP contribution in [0.3, 0.4) is 0 Å². The highest BCUT2D eigenvalue weighted by molar-refractivity contribution is 7.91. The van der Waals surface area contributed by atoms with Gasteiger partial charge in [0, 0.05) is 37.3 Å². The van der Waals surface area contributed by atoms with Gasteiger partial charge in [-0.25, -0.2) is 8.42 Å². The van der Waals surface area contributed by atoms with E-state index in [2.05, 4.69) is 0 Å². The molecule has 1 fully saturated rings. The lowest BCUT2D eigenvalue weighted by Crippen LogP contribution is -2.50. The molecule has 28 heavy (non-hydrogen) atoms. The van der Waals surface area contributed by atoms with Crippen LogP contribution in [0.1, 0.15) is 22.8 Å². The zero-order chi connectivity index (χ0) is 20.3. The standard InChI is InChI=1S/C19H22N2O5S2/c1-14(22)15-5-6-17(26-2)16(12-15)13-18(23)20-7-9-21(10-8-20)28(24,25)19-4-3-11-27-19/h3-6,11-12H,7-10,13H2,1-2H3. The van der Waals surface area contributed by atoms with Crippen molar-refractivity contribution in [2.75, 3.05) is 33.3 Å². The Morgan fingerprint density at radius 2 is 1.86 bits per heavy atom. The highest BCUT2D eigenvalue weighted by Gasteiger charge is 2.30. The van der Waals surface area contributed by atoms with Crippen LogP contribution in [0.15, 0.2) is 39.9 Å². The minimum Gasteiger partial charge on any atom is -0.496 e. The Balaban J connectivity index is 1.66. The van der Waals surface area contributed by atoms with Gasteiger partial charge in [-0.05, 0) is 36.6 Å². The van der Waals surface area contributed by atoms with E-state index in [1.54, 1.807) is 40.6 Å². The van der Waals surface area contributed by atoms with Crippen LogP contribution in [0.2, 0.25) is 0 Å².